The molecule has 164 valence electrons. The number of nitrogens with one attached hydrogen (secondary N) is 1. The molecule has 2 aromatic rings. The Morgan fingerprint density at radius 2 is 1.80 bits per heavy atom. The molecule has 0 unspecified atom stereocenters. The van der Waals surface area contributed by atoms with Crippen molar-refractivity contribution in [3.05, 3.63) is 45.4 Å². The van der Waals surface area contributed by atoms with Crippen LogP contribution in [0.5, 0.6) is 0 Å². The highest BCUT2D eigenvalue weighted by molar-refractivity contribution is 7.11. The molecular formula is C21H26F3N3O2S. The fourth-order valence-electron chi connectivity index (χ4n) is 3.51. The Balaban J connectivity index is 1.59. The summed E-state index contributed by atoms with van der Waals surface area (Å²) in [6, 6.07) is 4.10. The Hall–Kier alpha value is -2.13. The van der Waals surface area contributed by atoms with Gasteiger partial charge in [0.15, 0.2) is 0 Å². The summed E-state index contributed by atoms with van der Waals surface area (Å²) in [4.78, 5) is 19.8. The van der Waals surface area contributed by atoms with Crippen LogP contribution >= 0.6 is 11.3 Å². The zero-order valence-corrected chi connectivity index (χ0v) is 18.0. The molecule has 9 heteroatoms. The van der Waals surface area contributed by atoms with Crippen molar-refractivity contribution in [3.63, 3.8) is 0 Å². The number of aromatic nitrogens is 1. The quantitative estimate of drug-likeness (QED) is 0.674. The van der Waals surface area contributed by atoms with Crippen molar-refractivity contribution in [2.24, 2.45) is 0 Å². The zero-order valence-electron chi connectivity index (χ0n) is 17.2. The van der Waals surface area contributed by atoms with Crippen LogP contribution in [0.15, 0.2) is 24.3 Å². The number of piperidine rings is 1. The average molecular weight is 442 g/mol. The maximum atomic E-state index is 12.7. The summed E-state index contributed by atoms with van der Waals surface area (Å²) in [5.74, 6) is 0.228. The molecule has 3 rings (SSSR count). The molecule has 1 aromatic heterocycles. The molecule has 0 saturated carbocycles. The lowest BCUT2D eigenvalue weighted by molar-refractivity contribution is -0.137. The molecule has 1 aliphatic rings. The number of aliphatic hydroxyl groups is 1. The summed E-state index contributed by atoms with van der Waals surface area (Å²) in [5, 5.41) is 13.3. The van der Waals surface area contributed by atoms with Crippen LogP contribution in [0.3, 0.4) is 0 Å². The largest absolute Gasteiger partial charge is 0.416 e. The van der Waals surface area contributed by atoms with Crippen LogP contribution in [0.4, 0.5) is 23.7 Å². The second-order valence-corrected chi connectivity index (χ2v) is 9.61. The zero-order chi connectivity index (χ0) is 22.1. The molecule has 1 fully saturated rings. The number of carbonyl (C=O) groups is 1. The number of alkyl halides is 3. The lowest BCUT2D eigenvalue weighted by atomic mass is 9.91. The van der Waals surface area contributed by atoms with Gasteiger partial charge < -0.3 is 15.3 Å². The summed E-state index contributed by atoms with van der Waals surface area (Å²) >= 11 is 1.54. The number of hydrogen-bond donors (Lipinski definition) is 2. The van der Waals surface area contributed by atoms with Crippen molar-refractivity contribution in [1.29, 1.82) is 0 Å². The summed E-state index contributed by atoms with van der Waals surface area (Å²) < 4.78 is 38.0. The van der Waals surface area contributed by atoms with E-state index in [1.165, 1.54) is 23.5 Å². The number of aliphatic hydroxyl groups excluding tert-OH is 1. The Labute approximate surface area is 177 Å². The molecule has 30 heavy (non-hydrogen) atoms. The predicted octanol–water partition coefficient (Wildman–Crippen LogP) is 5.36. The minimum absolute atomic E-state index is 0.0291. The van der Waals surface area contributed by atoms with Gasteiger partial charge in [0.1, 0.15) is 0 Å². The molecule has 0 radical (unpaired) electrons. The molecule has 0 spiro atoms. The standard InChI is InChI=1S/C21H26F3N3O2S/c1-20(2,3)17-16(12-28)30-18(26-17)13-8-10-27(11-9-13)19(29)25-15-6-4-14(5-7-15)21(22,23)24/h4-7,13,28H,8-12H2,1-3H3,(H,25,29). The van der Waals surface area contributed by atoms with E-state index in [4.69, 9.17) is 4.98 Å². The summed E-state index contributed by atoms with van der Waals surface area (Å²) in [6.45, 7) is 7.25. The van der Waals surface area contributed by atoms with E-state index in [0.29, 0.717) is 18.8 Å². The van der Waals surface area contributed by atoms with Gasteiger partial charge in [0.05, 0.1) is 27.7 Å². The average Bonchev–Trinajstić information content (AvgIpc) is 3.13. The third kappa shape index (κ3) is 5.13. The fourth-order valence-corrected chi connectivity index (χ4v) is 4.82. The SMILES string of the molecule is CC(C)(C)c1nc(C2CCN(C(=O)Nc3ccc(C(F)(F)F)cc3)CC2)sc1CO. The van der Waals surface area contributed by atoms with Gasteiger partial charge in [-0.2, -0.15) is 13.2 Å². The van der Waals surface area contributed by atoms with Crippen molar-refractivity contribution in [1.82, 2.24) is 9.88 Å². The molecule has 1 saturated heterocycles. The summed E-state index contributed by atoms with van der Waals surface area (Å²) in [7, 11) is 0. The molecule has 0 atom stereocenters. The molecule has 1 aromatic carbocycles. The number of nitrogens with zero attached hydrogens (tertiary/aromatic N) is 2. The van der Waals surface area contributed by atoms with Gasteiger partial charge in [-0.1, -0.05) is 20.8 Å². The number of halogens is 3. The maximum Gasteiger partial charge on any atom is 0.416 e. The number of rotatable bonds is 3. The van der Waals surface area contributed by atoms with Crippen LogP contribution in [-0.2, 0) is 18.2 Å². The van der Waals surface area contributed by atoms with E-state index >= 15 is 0 Å². The van der Waals surface area contributed by atoms with Crippen molar-refractivity contribution in [3.8, 4) is 0 Å². The van der Waals surface area contributed by atoms with Crippen LogP contribution in [0.2, 0.25) is 0 Å². The molecule has 2 amide bonds. The third-order valence-corrected chi connectivity index (χ3v) is 6.37. The molecule has 0 aliphatic carbocycles. The maximum absolute atomic E-state index is 12.7. The van der Waals surface area contributed by atoms with Crippen LogP contribution in [-0.4, -0.2) is 34.1 Å². The van der Waals surface area contributed by atoms with Crippen molar-refractivity contribution >= 4 is 23.1 Å². The normalized spacial score (nSPS) is 16.0. The van der Waals surface area contributed by atoms with E-state index in [-0.39, 0.29) is 24.0 Å². The minimum atomic E-state index is -4.40. The van der Waals surface area contributed by atoms with E-state index in [0.717, 1.165) is 40.6 Å². The number of thiazole rings is 1. The molecular weight excluding hydrogens is 415 g/mol. The minimum Gasteiger partial charge on any atom is -0.391 e. The van der Waals surface area contributed by atoms with Gasteiger partial charge in [0.2, 0.25) is 0 Å². The molecule has 5 nitrogen and oxygen atoms in total. The smallest absolute Gasteiger partial charge is 0.391 e. The predicted molar refractivity (Wildman–Crippen MR) is 111 cm³/mol. The van der Waals surface area contributed by atoms with E-state index < -0.39 is 11.7 Å². The fraction of sp³-hybridized carbons (Fsp3) is 0.524. The number of hydrogen-bond acceptors (Lipinski definition) is 4. The van der Waals surface area contributed by atoms with Gasteiger partial charge in [-0.25, -0.2) is 9.78 Å². The molecule has 2 N–H and O–H groups in total. The topological polar surface area (TPSA) is 65.5 Å². The number of likely N-dealkylation sites (tertiary alicyclic amines) is 1. The van der Waals surface area contributed by atoms with Crippen LogP contribution in [0, 0.1) is 0 Å². The number of carbonyl (C=O) groups excluding carboxylic acids is 1. The van der Waals surface area contributed by atoms with Crippen molar-refractivity contribution in [2.75, 3.05) is 18.4 Å². The number of benzene rings is 1. The first-order valence-corrected chi connectivity index (χ1v) is 10.6. The molecule has 1 aliphatic heterocycles. The van der Waals surface area contributed by atoms with Gasteiger partial charge in [0.25, 0.3) is 0 Å². The summed E-state index contributed by atoms with van der Waals surface area (Å²) in [6.07, 6.45) is -2.90. The second-order valence-electron chi connectivity index (χ2n) is 8.50. The summed E-state index contributed by atoms with van der Waals surface area (Å²) in [5.41, 5.74) is 0.362. The lowest BCUT2D eigenvalue weighted by Gasteiger charge is -2.31. The Kier molecular flexibility index (Phi) is 6.43. The van der Waals surface area contributed by atoms with E-state index in [9.17, 15) is 23.1 Å². The molecule has 2 heterocycles. The Morgan fingerprint density at radius 1 is 1.20 bits per heavy atom. The van der Waals surface area contributed by atoms with Crippen LogP contribution < -0.4 is 5.32 Å². The van der Waals surface area contributed by atoms with Crippen molar-refractivity contribution in [2.45, 2.75) is 57.7 Å². The highest BCUT2D eigenvalue weighted by Gasteiger charge is 2.31. The van der Waals surface area contributed by atoms with Gasteiger partial charge in [-0.05, 0) is 37.1 Å². The first-order chi connectivity index (χ1) is 14.0. The Morgan fingerprint density at radius 3 is 2.27 bits per heavy atom. The number of anilines is 1. The van der Waals surface area contributed by atoms with Gasteiger partial charge in [-0.3, -0.25) is 0 Å². The van der Waals surface area contributed by atoms with E-state index in [1.807, 2.05) is 0 Å². The second kappa shape index (κ2) is 8.55. The van der Waals surface area contributed by atoms with Crippen LogP contribution in [0.1, 0.15) is 60.7 Å². The number of urea groups is 1. The number of amides is 2. The lowest BCUT2D eigenvalue weighted by Crippen LogP contribution is -2.40. The van der Waals surface area contributed by atoms with E-state index in [1.54, 1.807) is 4.90 Å². The van der Waals surface area contributed by atoms with Crippen molar-refractivity contribution < 1.29 is 23.1 Å². The van der Waals surface area contributed by atoms with Gasteiger partial charge in [-0.15, -0.1) is 11.3 Å². The molecule has 0 bridgehead atoms. The van der Waals surface area contributed by atoms with Gasteiger partial charge in [0, 0.05) is 30.1 Å². The first-order valence-electron chi connectivity index (χ1n) is 9.83. The van der Waals surface area contributed by atoms with Gasteiger partial charge >= 0.3 is 12.2 Å². The van der Waals surface area contributed by atoms with E-state index in [2.05, 4.69) is 26.1 Å². The highest BCUT2D eigenvalue weighted by atomic mass is 32.1. The third-order valence-electron chi connectivity index (χ3n) is 5.16. The monoisotopic (exact) mass is 441 g/mol. The Bertz CT molecular complexity index is 880. The van der Waals surface area contributed by atoms with Crippen LogP contribution in [0.25, 0.3) is 0 Å². The highest BCUT2D eigenvalue weighted by Crippen LogP contribution is 2.37. The first kappa shape index (κ1) is 22.6.